The van der Waals surface area contributed by atoms with Crippen LogP contribution in [0.15, 0.2) is 53.4 Å². The summed E-state index contributed by atoms with van der Waals surface area (Å²) in [5.41, 5.74) is 1.46. The lowest BCUT2D eigenvalue weighted by atomic mass is 10.2. The summed E-state index contributed by atoms with van der Waals surface area (Å²) in [7, 11) is 0. The highest BCUT2D eigenvalue weighted by atomic mass is 35.5. The number of fused-ring (bicyclic) bond motifs is 1. The second kappa shape index (κ2) is 9.10. The molecular weight excluding hydrogens is 422 g/mol. The predicted octanol–water partition coefficient (Wildman–Crippen LogP) is 3.09. The average molecular weight is 444 g/mol. The van der Waals surface area contributed by atoms with Crippen LogP contribution in [0.1, 0.15) is 18.4 Å². The Hall–Kier alpha value is -2.51. The number of nitrogens with zero attached hydrogens (tertiary/aromatic N) is 2. The van der Waals surface area contributed by atoms with E-state index in [-0.39, 0.29) is 30.8 Å². The number of likely N-dealkylation sites (tertiary alicyclic amines) is 1. The van der Waals surface area contributed by atoms with Crippen LogP contribution in [-0.2, 0) is 20.9 Å². The van der Waals surface area contributed by atoms with Crippen molar-refractivity contribution >= 4 is 46.8 Å². The van der Waals surface area contributed by atoms with E-state index in [1.807, 2.05) is 36.4 Å². The first-order valence-electron chi connectivity index (χ1n) is 9.90. The highest BCUT2D eigenvalue weighted by Crippen LogP contribution is 2.39. The van der Waals surface area contributed by atoms with Crippen LogP contribution in [0.5, 0.6) is 0 Å². The van der Waals surface area contributed by atoms with Gasteiger partial charge in [0.2, 0.25) is 11.8 Å². The van der Waals surface area contributed by atoms with E-state index in [1.165, 1.54) is 16.7 Å². The SMILES string of the molecule is O=C(CN1C(=O)[C@@H](C(=O)N2CCCC2)Sc2ccccc21)NCc1ccccc1Cl. The molecule has 8 heteroatoms. The average Bonchev–Trinajstić information content (AvgIpc) is 3.29. The molecular formula is C22H22ClN3O3S. The predicted molar refractivity (Wildman–Crippen MR) is 118 cm³/mol. The van der Waals surface area contributed by atoms with Crippen molar-refractivity contribution in [3.05, 3.63) is 59.1 Å². The van der Waals surface area contributed by atoms with Gasteiger partial charge in [0.15, 0.2) is 5.25 Å². The maximum absolute atomic E-state index is 13.2. The van der Waals surface area contributed by atoms with Crippen molar-refractivity contribution < 1.29 is 14.4 Å². The van der Waals surface area contributed by atoms with E-state index >= 15 is 0 Å². The molecule has 2 aliphatic heterocycles. The number of carbonyl (C=O) groups is 3. The third-order valence-electron chi connectivity index (χ3n) is 5.27. The van der Waals surface area contributed by atoms with Crippen molar-refractivity contribution in [2.75, 3.05) is 24.5 Å². The zero-order chi connectivity index (χ0) is 21.1. The fraction of sp³-hybridized carbons (Fsp3) is 0.318. The van der Waals surface area contributed by atoms with Gasteiger partial charge in [-0.25, -0.2) is 0 Å². The lowest BCUT2D eigenvalue weighted by Crippen LogP contribution is -2.51. The van der Waals surface area contributed by atoms with Gasteiger partial charge in [0.1, 0.15) is 6.54 Å². The summed E-state index contributed by atoms with van der Waals surface area (Å²) in [6.07, 6.45) is 1.92. The Labute approximate surface area is 184 Å². The van der Waals surface area contributed by atoms with Crippen molar-refractivity contribution in [3.8, 4) is 0 Å². The number of hydrogen-bond donors (Lipinski definition) is 1. The van der Waals surface area contributed by atoms with Gasteiger partial charge in [-0.05, 0) is 36.6 Å². The molecule has 1 atom stereocenters. The summed E-state index contributed by atoms with van der Waals surface area (Å²) in [5.74, 6) is -0.820. The van der Waals surface area contributed by atoms with Crippen LogP contribution in [0.4, 0.5) is 5.69 Å². The van der Waals surface area contributed by atoms with Gasteiger partial charge in [0, 0.05) is 29.6 Å². The van der Waals surface area contributed by atoms with Gasteiger partial charge in [0.25, 0.3) is 5.91 Å². The molecule has 6 nitrogen and oxygen atoms in total. The molecule has 156 valence electrons. The zero-order valence-electron chi connectivity index (χ0n) is 16.3. The number of nitrogens with one attached hydrogen (secondary N) is 1. The number of benzene rings is 2. The van der Waals surface area contributed by atoms with E-state index in [9.17, 15) is 14.4 Å². The van der Waals surface area contributed by atoms with Crippen LogP contribution in [0.3, 0.4) is 0 Å². The maximum atomic E-state index is 13.2. The van der Waals surface area contributed by atoms with Crippen LogP contribution in [0.25, 0.3) is 0 Å². The molecule has 0 saturated carbocycles. The molecule has 4 rings (SSSR count). The summed E-state index contributed by atoms with van der Waals surface area (Å²) in [6.45, 7) is 1.49. The molecule has 0 aliphatic carbocycles. The smallest absolute Gasteiger partial charge is 0.250 e. The fourth-order valence-electron chi connectivity index (χ4n) is 3.67. The van der Waals surface area contributed by atoms with Gasteiger partial charge in [-0.2, -0.15) is 0 Å². The van der Waals surface area contributed by atoms with E-state index in [4.69, 9.17) is 11.6 Å². The Morgan fingerprint density at radius 1 is 1.07 bits per heavy atom. The van der Waals surface area contributed by atoms with Crippen molar-refractivity contribution in [1.82, 2.24) is 10.2 Å². The lowest BCUT2D eigenvalue weighted by molar-refractivity contribution is -0.134. The second-order valence-electron chi connectivity index (χ2n) is 7.29. The van der Waals surface area contributed by atoms with Gasteiger partial charge in [0.05, 0.1) is 5.69 Å². The topological polar surface area (TPSA) is 69.7 Å². The number of amides is 3. The molecule has 3 amide bonds. The summed E-state index contributed by atoms with van der Waals surface area (Å²) in [4.78, 5) is 42.8. The molecule has 2 aliphatic rings. The van der Waals surface area contributed by atoms with Crippen molar-refractivity contribution in [3.63, 3.8) is 0 Å². The molecule has 0 bridgehead atoms. The third kappa shape index (κ3) is 4.32. The van der Waals surface area contributed by atoms with Crippen LogP contribution in [0, 0.1) is 0 Å². The van der Waals surface area contributed by atoms with E-state index < -0.39 is 5.25 Å². The van der Waals surface area contributed by atoms with Crippen LogP contribution in [0.2, 0.25) is 5.02 Å². The maximum Gasteiger partial charge on any atom is 0.250 e. The first-order valence-corrected chi connectivity index (χ1v) is 11.2. The molecule has 30 heavy (non-hydrogen) atoms. The van der Waals surface area contributed by atoms with E-state index in [2.05, 4.69) is 5.32 Å². The molecule has 1 fully saturated rings. The van der Waals surface area contributed by atoms with Gasteiger partial charge in [-0.15, -0.1) is 11.8 Å². The fourth-order valence-corrected chi connectivity index (χ4v) is 5.07. The molecule has 1 N–H and O–H groups in total. The highest BCUT2D eigenvalue weighted by molar-refractivity contribution is 8.01. The standard InChI is InChI=1S/C22H22ClN3O3S/c23-16-8-2-1-7-15(16)13-24-19(27)14-26-17-9-3-4-10-18(17)30-20(22(26)29)21(28)25-11-5-6-12-25/h1-4,7-10,20H,5-6,11-14H2,(H,24,27)/t20-/m1/s1. The number of rotatable bonds is 5. The number of thioether (sulfide) groups is 1. The molecule has 0 aromatic heterocycles. The Morgan fingerprint density at radius 2 is 1.77 bits per heavy atom. The largest absolute Gasteiger partial charge is 0.350 e. The van der Waals surface area contributed by atoms with Gasteiger partial charge >= 0.3 is 0 Å². The van der Waals surface area contributed by atoms with Gasteiger partial charge in [-0.3, -0.25) is 14.4 Å². The molecule has 1 saturated heterocycles. The molecule has 0 radical (unpaired) electrons. The van der Waals surface area contributed by atoms with Crippen molar-refractivity contribution in [2.45, 2.75) is 29.5 Å². The normalized spacial score (nSPS) is 18.3. The molecule has 0 spiro atoms. The molecule has 2 aromatic carbocycles. The Bertz CT molecular complexity index is 978. The quantitative estimate of drug-likeness (QED) is 0.721. The molecule has 2 aromatic rings. The summed E-state index contributed by atoms with van der Waals surface area (Å²) in [5, 5.41) is 2.54. The van der Waals surface area contributed by atoms with E-state index in [0.29, 0.717) is 23.8 Å². The summed E-state index contributed by atoms with van der Waals surface area (Å²) in [6, 6.07) is 14.7. The van der Waals surface area contributed by atoms with Gasteiger partial charge < -0.3 is 15.1 Å². The monoisotopic (exact) mass is 443 g/mol. The highest BCUT2D eigenvalue weighted by Gasteiger charge is 2.41. The van der Waals surface area contributed by atoms with Crippen LogP contribution < -0.4 is 10.2 Å². The second-order valence-corrected chi connectivity index (χ2v) is 8.84. The third-order valence-corrected chi connectivity index (χ3v) is 6.88. The van der Waals surface area contributed by atoms with Gasteiger partial charge in [-0.1, -0.05) is 41.9 Å². The Morgan fingerprint density at radius 3 is 2.53 bits per heavy atom. The lowest BCUT2D eigenvalue weighted by Gasteiger charge is -2.34. The number of para-hydroxylation sites is 1. The van der Waals surface area contributed by atoms with E-state index in [0.717, 1.165) is 23.3 Å². The minimum absolute atomic E-state index is 0.148. The van der Waals surface area contributed by atoms with Crippen LogP contribution in [-0.4, -0.2) is 47.5 Å². The zero-order valence-corrected chi connectivity index (χ0v) is 17.9. The Kier molecular flexibility index (Phi) is 6.29. The number of anilines is 1. The molecule has 2 heterocycles. The summed E-state index contributed by atoms with van der Waals surface area (Å²) < 4.78 is 0. The Balaban J connectivity index is 1.50. The number of hydrogen-bond acceptors (Lipinski definition) is 4. The molecule has 0 unspecified atom stereocenters. The summed E-state index contributed by atoms with van der Waals surface area (Å²) >= 11 is 7.42. The minimum atomic E-state index is -0.852. The first-order chi connectivity index (χ1) is 14.5. The number of halogens is 1. The number of carbonyl (C=O) groups excluding carboxylic acids is 3. The van der Waals surface area contributed by atoms with Crippen molar-refractivity contribution in [1.29, 1.82) is 0 Å². The first kappa shape index (κ1) is 20.8. The minimum Gasteiger partial charge on any atom is -0.350 e. The van der Waals surface area contributed by atoms with E-state index in [1.54, 1.807) is 17.0 Å². The van der Waals surface area contributed by atoms with Crippen molar-refractivity contribution in [2.24, 2.45) is 0 Å². The van der Waals surface area contributed by atoms with Crippen LogP contribution >= 0.6 is 23.4 Å².